The van der Waals surface area contributed by atoms with E-state index in [0.717, 1.165) is 51.3 Å². The number of aliphatic hydroxyl groups is 2. The van der Waals surface area contributed by atoms with Gasteiger partial charge < -0.3 is 15.5 Å². The molecule has 0 aliphatic carbocycles. The van der Waals surface area contributed by atoms with Crippen LogP contribution in [0.2, 0.25) is 0 Å². The van der Waals surface area contributed by atoms with Gasteiger partial charge in [-0.1, -0.05) is 12.8 Å². The third kappa shape index (κ3) is 7.09. The molecule has 1 aromatic rings. The molecule has 0 spiro atoms. The maximum atomic E-state index is 13.7. The molecule has 3 N–H and O–H groups in total. The van der Waals surface area contributed by atoms with Gasteiger partial charge in [-0.3, -0.25) is 0 Å². The molecule has 1 aromatic carbocycles. The number of rotatable bonds is 11. The Morgan fingerprint density at radius 1 is 1.07 bits per heavy atom. The van der Waals surface area contributed by atoms with E-state index in [1.165, 1.54) is 0 Å². The van der Waals surface area contributed by atoms with Crippen molar-refractivity contribution in [1.82, 2.24) is 5.32 Å². The van der Waals surface area contributed by atoms with Crippen molar-refractivity contribution in [2.45, 2.75) is 63.9 Å². The first-order valence-corrected chi connectivity index (χ1v) is 10.2. The highest BCUT2D eigenvalue weighted by Gasteiger charge is 2.28. The van der Waals surface area contributed by atoms with Gasteiger partial charge in [0.2, 0.25) is 0 Å². The van der Waals surface area contributed by atoms with Crippen molar-refractivity contribution < 1.29 is 23.4 Å². The van der Waals surface area contributed by atoms with Gasteiger partial charge in [0.15, 0.2) is 11.6 Å². The Hall–Kier alpha value is -1.11. The summed E-state index contributed by atoms with van der Waals surface area (Å²) in [5.74, 6) is -2.28. The fourth-order valence-electron chi connectivity index (χ4n) is 4.15. The lowest BCUT2D eigenvalue weighted by atomic mass is 9.78. The molecule has 154 valence electrons. The number of aliphatic hydroxyl groups excluding tert-OH is 2. The van der Waals surface area contributed by atoms with Gasteiger partial charge in [-0.05, 0) is 81.5 Å². The highest BCUT2D eigenvalue weighted by Crippen LogP contribution is 2.30. The SMILES string of the molecule is OCCCCC(C(O)CCCCc1cc(F)cc(F)c1F)C1CCCNC1. The number of aryl methyl sites for hydroxylation is 1. The third-order valence-corrected chi connectivity index (χ3v) is 5.64. The van der Waals surface area contributed by atoms with Gasteiger partial charge in [-0.2, -0.15) is 0 Å². The van der Waals surface area contributed by atoms with Crippen molar-refractivity contribution in [3.05, 3.63) is 35.1 Å². The van der Waals surface area contributed by atoms with Crippen LogP contribution in [-0.4, -0.2) is 36.0 Å². The number of hydrogen-bond acceptors (Lipinski definition) is 3. The zero-order valence-corrected chi connectivity index (χ0v) is 15.9. The van der Waals surface area contributed by atoms with E-state index in [1.807, 2.05) is 0 Å². The highest BCUT2D eigenvalue weighted by molar-refractivity contribution is 5.20. The second-order valence-electron chi connectivity index (χ2n) is 7.66. The predicted octanol–water partition coefficient (Wildman–Crippen LogP) is 3.96. The number of halogens is 3. The summed E-state index contributed by atoms with van der Waals surface area (Å²) in [5, 5.41) is 23.1. The topological polar surface area (TPSA) is 52.5 Å². The van der Waals surface area contributed by atoms with Crippen LogP contribution in [0.5, 0.6) is 0 Å². The van der Waals surface area contributed by atoms with E-state index in [4.69, 9.17) is 5.11 Å². The Balaban J connectivity index is 1.82. The zero-order chi connectivity index (χ0) is 19.6. The molecule has 6 heteroatoms. The van der Waals surface area contributed by atoms with Crippen LogP contribution in [0.3, 0.4) is 0 Å². The van der Waals surface area contributed by atoms with Gasteiger partial charge >= 0.3 is 0 Å². The molecule has 1 aliphatic heterocycles. The molecule has 2 rings (SSSR count). The first-order chi connectivity index (χ1) is 13.0. The van der Waals surface area contributed by atoms with E-state index in [0.29, 0.717) is 31.2 Å². The van der Waals surface area contributed by atoms with Crippen LogP contribution in [0.25, 0.3) is 0 Å². The first-order valence-electron chi connectivity index (χ1n) is 10.2. The van der Waals surface area contributed by atoms with Crippen molar-refractivity contribution in [2.75, 3.05) is 19.7 Å². The van der Waals surface area contributed by atoms with E-state index in [-0.39, 0.29) is 24.5 Å². The Bertz CT molecular complexity index is 565. The van der Waals surface area contributed by atoms with Crippen molar-refractivity contribution in [2.24, 2.45) is 11.8 Å². The van der Waals surface area contributed by atoms with E-state index in [9.17, 15) is 18.3 Å². The van der Waals surface area contributed by atoms with Crippen LogP contribution in [-0.2, 0) is 6.42 Å². The standard InChI is InChI=1S/C21H32F3NO2/c22-17-12-15(21(24)19(23)13-17)6-1-2-9-20(27)18(8-3-4-11-26)16-7-5-10-25-14-16/h12-13,16,18,20,25-27H,1-11,14H2. The molecule has 3 unspecified atom stereocenters. The lowest BCUT2D eigenvalue weighted by molar-refractivity contribution is 0.0467. The number of unbranched alkanes of at least 4 members (excludes halogenated alkanes) is 2. The molecule has 1 fully saturated rings. The van der Waals surface area contributed by atoms with Crippen molar-refractivity contribution in [3.63, 3.8) is 0 Å². The third-order valence-electron chi connectivity index (χ3n) is 5.64. The Morgan fingerprint density at radius 2 is 1.85 bits per heavy atom. The van der Waals surface area contributed by atoms with E-state index < -0.39 is 23.6 Å². The second kappa shape index (κ2) is 11.7. The minimum absolute atomic E-state index is 0.0537. The summed E-state index contributed by atoms with van der Waals surface area (Å²) < 4.78 is 40.2. The van der Waals surface area contributed by atoms with Crippen molar-refractivity contribution >= 4 is 0 Å². The highest BCUT2D eigenvalue weighted by atomic mass is 19.2. The molecule has 0 saturated carbocycles. The summed E-state index contributed by atoms with van der Waals surface area (Å²) in [6.45, 7) is 2.10. The monoisotopic (exact) mass is 387 g/mol. The number of piperidine rings is 1. The molecule has 0 radical (unpaired) electrons. The van der Waals surface area contributed by atoms with Crippen LogP contribution >= 0.6 is 0 Å². The molecule has 0 amide bonds. The maximum absolute atomic E-state index is 13.7. The maximum Gasteiger partial charge on any atom is 0.162 e. The van der Waals surface area contributed by atoms with Crippen LogP contribution < -0.4 is 5.32 Å². The van der Waals surface area contributed by atoms with Crippen molar-refractivity contribution in [1.29, 1.82) is 0 Å². The summed E-state index contributed by atoms with van der Waals surface area (Å²) in [6, 6.07) is 1.60. The van der Waals surface area contributed by atoms with Crippen LogP contribution in [0.1, 0.15) is 56.9 Å². The van der Waals surface area contributed by atoms with Gasteiger partial charge in [0.05, 0.1) is 6.10 Å². The Morgan fingerprint density at radius 3 is 2.56 bits per heavy atom. The summed E-state index contributed by atoms with van der Waals surface area (Å²) in [6.07, 6.45) is 6.39. The molecule has 0 bridgehead atoms. The number of benzene rings is 1. The predicted molar refractivity (Wildman–Crippen MR) is 99.9 cm³/mol. The van der Waals surface area contributed by atoms with E-state index in [2.05, 4.69) is 5.32 Å². The normalized spacial score (nSPS) is 19.8. The van der Waals surface area contributed by atoms with Gasteiger partial charge in [0.25, 0.3) is 0 Å². The molecular formula is C21H32F3NO2. The average Bonchev–Trinajstić information content (AvgIpc) is 2.66. The van der Waals surface area contributed by atoms with E-state index >= 15 is 0 Å². The van der Waals surface area contributed by atoms with E-state index in [1.54, 1.807) is 0 Å². The summed E-state index contributed by atoms with van der Waals surface area (Å²) in [7, 11) is 0. The second-order valence-corrected chi connectivity index (χ2v) is 7.66. The lowest BCUT2D eigenvalue weighted by Gasteiger charge is -2.34. The average molecular weight is 387 g/mol. The minimum atomic E-state index is -1.15. The Kier molecular flexibility index (Phi) is 9.59. The summed E-state index contributed by atoms with van der Waals surface area (Å²) in [4.78, 5) is 0. The molecule has 27 heavy (non-hydrogen) atoms. The van der Waals surface area contributed by atoms with Gasteiger partial charge in [-0.15, -0.1) is 0 Å². The molecule has 3 atom stereocenters. The minimum Gasteiger partial charge on any atom is -0.396 e. The molecule has 3 nitrogen and oxygen atoms in total. The Labute approximate surface area is 160 Å². The molecule has 1 aliphatic rings. The van der Waals surface area contributed by atoms with Crippen molar-refractivity contribution in [3.8, 4) is 0 Å². The van der Waals surface area contributed by atoms with Crippen LogP contribution in [0, 0.1) is 29.3 Å². The lowest BCUT2D eigenvalue weighted by Crippen LogP contribution is -2.38. The van der Waals surface area contributed by atoms with Crippen LogP contribution in [0.4, 0.5) is 13.2 Å². The van der Waals surface area contributed by atoms with Crippen LogP contribution in [0.15, 0.2) is 12.1 Å². The first kappa shape index (κ1) is 22.2. The molecular weight excluding hydrogens is 355 g/mol. The molecule has 1 saturated heterocycles. The smallest absolute Gasteiger partial charge is 0.162 e. The van der Waals surface area contributed by atoms with Gasteiger partial charge in [0.1, 0.15) is 5.82 Å². The fourth-order valence-corrected chi connectivity index (χ4v) is 4.15. The number of hydrogen-bond donors (Lipinski definition) is 3. The molecule has 0 aromatic heterocycles. The summed E-state index contributed by atoms with van der Waals surface area (Å²) >= 11 is 0. The van der Waals surface area contributed by atoms with Gasteiger partial charge in [-0.25, -0.2) is 13.2 Å². The largest absolute Gasteiger partial charge is 0.396 e. The molecule has 1 heterocycles. The zero-order valence-electron chi connectivity index (χ0n) is 15.9. The summed E-state index contributed by atoms with van der Waals surface area (Å²) in [5.41, 5.74) is 0.0537. The fraction of sp³-hybridized carbons (Fsp3) is 0.714. The quantitative estimate of drug-likeness (QED) is 0.398. The number of nitrogens with one attached hydrogen (secondary N) is 1. The van der Waals surface area contributed by atoms with Gasteiger partial charge in [0, 0.05) is 12.7 Å².